The number of hydrogen-bond acceptors (Lipinski definition) is 3. The van der Waals surface area contributed by atoms with Crippen LogP contribution in [-0.2, 0) is 9.53 Å². The number of hydrogen-bond donors (Lipinski definition) is 2. The van der Waals surface area contributed by atoms with Gasteiger partial charge < -0.3 is 15.4 Å². The normalized spacial score (nSPS) is 29.9. The Hall–Kier alpha value is -0.320. The van der Waals surface area contributed by atoms with Gasteiger partial charge in [-0.2, -0.15) is 0 Å². The Morgan fingerprint density at radius 1 is 1.37 bits per heavy atom. The molecule has 0 spiro atoms. The summed E-state index contributed by atoms with van der Waals surface area (Å²) in [6.45, 7) is 3.94. The van der Waals surface area contributed by atoms with Crippen LogP contribution in [0.3, 0.4) is 0 Å². The summed E-state index contributed by atoms with van der Waals surface area (Å²) in [5.74, 6) is 2.64. The first kappa shape index (κ1) is 16.7. The Balaban J connectivity index is 0.00000180. The summed E-state index contributed by atoms with van der Waals surface area (Å²) in [6, 6.07) is 0.331. The van der Waals surface area contributed by atoms with Gasteiger partial charge in [0, 0.05) is 19.7 Å². The van der Waals surface area contributed by atoms with Crippen molar-refractivity contribution in [2.45, 2.75) is 38.6 Å². The lowest BCUT2D eigenvalue weighted by Gasteiger charge is -2.28. The van der Waals surface area contributed by atoms with Gasteiger partial charge in [0.1, 0.15) is 0 Å². The lowest BCUT2D eigenvalue weighted by molar-refractivity contribution is -0.121. The molecule has 4 atom stereocenters. The van der Waals surface area contributed by atoms with Gasteiger partial charge in [0.15, 0.2) is 0 Å². The van der Waals surface area contributed by atoms with Gasteiger partial charge in [-0.3, -0.25) is 4.79 Å². The molecule has 2 rings (SSSR count). The summed E-state index contributed by atoms with van der Waals surface area (Å²) in [6.07, 6.45) is 5.52. The first-order chi connectivity index (χ1) is 8.70. The minimum Gasteiger partial charge on any atom is -0.383 e. The van der Waals surface area contributed by atoms with Gasteiger partial charge in [-0.25, -0.2) is 0 Å². The van der Waals surface area contributed by atoms with Crippen LogP contribution in [0.5, 0.6) is 0 Å². The fourth-order valence-electron chi connectivity index (χ4n) is 3.69. The van der Waals surface area contributed by atoms with Crippen molar-refractivity contribution in [3.63, 3.8) is 0 Å². The van der Waals surface area contributed by atoms with E-state index in [1.54, 1.807) is 7.11 Å². The molecule has 2 aliphatic rings. The number of rotatable bonds is 7. The highest BCUT2D eigenvalue weighted by atomic mass is 35.5. The lowest BCUT2D eigenvalue weighted by Crippen LogP contribution is -2.44. The van der Waals surface area contributed by atoms with Crippen molar-refractivity contribution in [3.05, 3.63) is 0 Å². The van der Waals surface area contributed by atoms with E-state index in [9.17, 15) is 4.79 Å². The van der Waals surface area contributed by atoms with E-state index in [0.717, 1.165) is 18.4 Å². The van der Waals surface area contributed by atoms with Crippen LogP contribution in [0.15, 0.2) is 0 Å². The van der Waals surface area contributed by atoms with Crippen molar-refractivity contribution in [2.24, 2.45) is 17.8 Å². The molecule has 2 saturated carbocycles. The molecule has 1 amide bonds. The van der Waals surface area contributed by atoms with Crippen LogP contribution in [0, 0.1) is 17.8 Å². The number of halogens is 1. The maximum atomic E-state index is 11.8. The van der Waals surface area contributed by atoms with Gasteiger partial charge in [-0.1, -0.05) is 6.42 Å². The van der Waals surface area contributed by atoms with Gasteiger partial charge in [-0.05, 0) is 43.9 Å². The second-order valence-corrected chi connectivity index (χ2v) is 5.86. The molecule has 0 radical (unpaired) electrons. The summed E-state index contributed by atoms with van der Waals surface area (Å²) >= 11 is 0. The molecule has 0 aliphatic heterocycles. The maximum Gasteiger partial charge on any atom is 0.234 e. The summed E-state index contributed by atoms with van der Waals surface area (Å²) in [4.78, 5) is 11.8. The number of carbonyl (C=O) groups is 1. The van der Waals surface area contributed by atoms with Gasteiger partial charge >= 0.3 is 0 Å². The highest BCUT2D eigenvalue weighted by Crippen LogP contribution is 2.49. The second kappa shape index (κ2) is 8.08. The zero-order chi connectivity index (χ0) is 13.0. The van der Waals surface area contributed by atoms with Crippen molar-refractivity contribution >= 4 is 18.3 Å². The monoisotopic (exact) mass is 290 g/mol. The molecule has 2 aliphatic carbocycles. The topological polar surface area (TPSA) is 50.4 Å². The van der Waals surface area contributed by atoms with Crippen LogP contribution in [0.25, 0.3) is 0 Å². The third kappa shape index (κ3) is 4.62. The quantitative estimate of drug-likeness (QED) is 0.700. The molecule has 0 heterocycles. The zero-order valence-corrected chi connectivity index (χ0v) is 12.8. The van der Waals surface area contributed by atoms with Gasteiger partial charge in [0.2, 0.25) is 5.91 Å². The molecule has 2 N–H and O–H groups in total. The number of ether oxygens (including phenoxy) is 1. The molecular formula is C14H27ClN2O2. The number of methoxy groups -OCH3 is 1. The summed E-state index contributed by atoms with van der Waals surface area (Å²) < 4.78 is 4.93. The van der Waals surface area contributed by atoms with E-state index in [-0.39, 0.29) is 18.3 Å². The van der Waals surface area contributed by atoms with Crippen LogP contribution in [0.4, 0.5) is 0 Å². The van der Waals surface area contributed by atoms with E-state index in [2.05, 4.69) is 17.6 Å². The highest BCUT2D eigenvalue weighted by molar-refractivity contribution is 5.85. The molecule has 5 heteroatoms. The Kier molecular flexibility index (Phi) is 7.11. The number of carbonyl (C=O) groups excluding carboxylic acids is 1. The lowest BCUT2D eigenvalue weighted by atomic mass is 9.84. The molecule has 0 saturated heterocycles. The predicted octanol–water partition coefficient (Wildman–Crippen LogP) is 1.59. The number of nitrogens with one attached hydrogen (secondary N) is 2. The first-order valence-electron chi connectivity index (χ1n) is 7.19. The third-order valence-electron chi connectivity index (χ3n) is 4.59. The summed E-state index contributed by atoms with van der Waals surface area (Å²) in [7, 11) is 1.67. The van der Waals surface area contributed by atoms with Crippen LogP contribution >= 0.6 is 12.4 Å². The fourth-order valence-corrected chi connectivity index (χ4v) is 3.69. The van der Waals surface area contributed by atoms with E-state index in [1.165, 1.54) is 25.7 Å². The average molecular weight is 291 g/mol. The van der Waals surface area contributed by atoms with Crippen LogP contribution in [0.1, 0.15) is 32.6 Å². The van der Waals surface area contributed by atoms with Crippen molar-refractivity contribution in [1.82, 2.24) is 10.6 Å². The van der Waals surface area contributed by atoms with Crippen LogP contribution in [0.2, 0.25) is 0 Å². The molecule has 4 nitrogen and oxygen atoms in total. The van der Waals surface area contributed by atoms with Crippen molar-refractivity contribution < 1.29 is 9.53 Å². The molecule has 0 aromatic carbocycles. The molecule has 4 unspecified atom stereocenters. The maximum absolute atomic E-state index is 11.8. The van der Waals surface area contributed by atoms with Crippen LogP contribution in [-0.4, -0.2) is 38.8 Å². The predicted molar refractivity (Wildman–Crippen MR) is 78.5 cm³/mol. The fraction of sp³-hybridized carbons (Fsp3) is 0.929. The molecule has 0 aromatic rings. The Bertz CT molecular complexity index is 289. The van der Waals surface area contributed by atoms with Gasteiger partial charge in [0.05, 0.1) is 13.2 Å². The van der Waals surface area contributed by atoms with Gasteiger partial charge in [0.25, 0.3) is 0 Å². The van der Waals surface area contributed by atoms with Crippen LogP contribution < -0.4 is 10.6 Å². The van der Waals surface area contributed by atoms with E-state index >= 15 is 0 Å². The smallest absolute Gasteiger partial charge is 0.234 e. The minimum atomic E-state index is 0. The molecule has 2 bridgehead atoms. The summed E-state index contributed by atoms with van der Waals surface area (Å²) in [5, 5.41) is 6.22. The largest absolute Gasteiger partial charge is 0.383 e. The van der Waals surface area contributed by atoms with E-state index < -0.39 is 0 Å². The summed E-state index contributed by atoms with van der Waals surface area (Å²) in [5.41, 5.74) is 0. The standard InChI is InChI=1S/C14H26N2O2.ClH/c1-10(13-8-11-3-4-12(13)7-11)16-14(17)9-15-5-6-18-2;/h10-13,15H,3-9H2,1-2H3,(H,16,17);1H. The zero-order valence-electron chi connectivity index (χ0n) is 12.0. The SMILES string of the molecule is COCCNCC(=O)NC(C)C1CC2CCC1C2.Cl. The van der Waals surface area contributed by atoms with Crippen molar-refractivity contribution in [2.75, 3.05) is 26.8 Å². The Morgan fingerprint density at radius 3 is 2.74 bits per heavy atom. The van der Waals surface area contributed by atoms with Gasteiger partial charge in [-0.15, -0.1) is 12.4 Å². The van der Waals surface area contributed by atoms with E-state index in [0.29, 0.717) is 25.1 Å². The van der Waals surface area contributed by atoms with E-state index in [4.69, 9.17) is 4.74 Å². The highest BCUT2D eigenvalue weighted by Gasteiger charge is 2.41. The Morgan fingerprint density at radius 2 is 2.16 bits per heavy atom. The molecule has 0 aromatic heterocycles. The van der Waals surface area contributed by atoms with Crippen molar-refractivity contribution in [1.29, 1.82) is 0 Å². The number of fused-ring (bicyclic) bond motifs is 2. The third-order valence-corrected chi connectivity index (χ3v) is 4.59. The minimum absolute atomic E-state index is 0. The number of amides is 1. The first-order valence-corrected chi connectivity index (χ1v) is 7.19. The molecule has 112 valence electrons. The Labute approximate surface area is 122 Å². The van der Waals surface area contributed by atoms with Crippen molar-refractivity contribution in [3.8, 4) is 0 Å². The molecule has 2 fully saturated rings. The second-order valence-electron chi connectivity index (χ2n) is 5.86. The average Bonchev–Trinajstić information content (AvgIpc) is 2.96. The van der Waals surface area contributed by atoms with E-state index in [1.807, 2.05) is 0 Å². The molecule has 19 heavy (non-hydrogen) atoms. The molecular weight excluding hydrogens is 264 g/mol.